The van der Waals surface area contributed by atoms with Gasteiger partial charge in [0.15, 0.2) is 5.82 Å². The molecule has 0 fully saturated rings. The molecule has 0 bridgehead atoms. The molecule has 0 saturated carbocycles. The van der Waals surface area contributed by atoms with Crippen molar-refractivity contribution >= 4 is 11.8 Å². The van der Waals surface area contributed by atoms with E-state index in [1.807, 2.05) is 42.5 Å². The molecule has 25 heavy (non-hydrogen) atoms. The summed E-state index contributed by atoms with van der Waals surface area (Å²) in [5, 5.41) is 14.5. The molecule has 0 aliphatic carbocycles. The highest BCUT2D eigenvalue weighted by Crippen LogP contribution is 2.13. The van der Waals surface area contributed by atoms with Crippen molar-refractivity contribution in [3.63, 3.8) is 0 Å². The third kappa shape index (κ3) is 5.17. The van der Waals surface area contributed by atoms with Crippen LogP contribution in [-0.4, -0.2) is 28.8 Å². The Bertz CT molecular complexity index is 777. The lowest BCUT2D eigenvalue weighted by atomic mass is 10.1. The van der Waals surface area contributed by atoms with Crippen molar-refractivity contribution in [3.8, 4) is 5.75 Å². The summed E-state index contributed by atoms with van der Waals surface area (Å²) in [6.07, 6.45) is 2.53. The molecule has 0 amide bonds. The molecular formula is C19H21N5O. The van der Waals surface area contributed by atoms with Crippen LogP contribution in [0.4, 0.5) is 11.8 Å². The van der Waals surface area contributed by atoms with Crippen molar-refractivity contribution in [2.75, 3.05) is 24.3 Å². The SMILES string of the molecule is COc1ccc(CNc2cnnc(NCCc3ccccc3)n2)cc1. The number of anilines is 2. The minimum absolute atomic E-state index is 0.524. The smallest absolute Gasteiger partial charge is 0.244 e. The summed E-state index contributed by atoms with van der Waals surface area (Å²) in [5.41, 5.74) is 2.41. The second-order valence-electron chi connectivity index (χ2n) is 5.53. The van der Waals surface area contributed by atoms with Gasteiger partial charge < -0.3 is 15.4 Å². The lowest BCUT2D eigenvalue weighted by molar-refractivity contribution is 0.414. The van der Waals surface area contributed by atoms with Gasteiger partial charge in [0.2, 0.25) is 5.95 Å². The van der Waals surface area contributed by atoms with Gasteiger partial charge >= 0.3 is 0 Å². The van der Waals surface area contributed by atoms with Crippen LogP contribution in [0.1, 0.15) is 11.1 Å². The highest BCUT2D eigenvalue weighted by molar-refractivity contribution is 5.38. The van der Waals surface area contributed by atoms with Gasteiger partial charge in [-0.2, -0.15) is 10.1 Å². The van der Waals surface area contributed by atoms with Crippen LogP contribution in [0, 0.1) is 0 Å². The Balaban J connectivity index is 1.50. The minimum Gasteiger partial charge on any atom is -0.497 e. The van der Waals surface area contributed by atoms with Crippen molar-refractivity contribution < 1.29 is 4.74 Å². The van der Waals surface area contributed by atoms with Crippen LogP contribution < -0.4 is 15.4 Å². The molecule has 0 unspecified atom stereocenters. The number of methoxy groups -OCH3 is 1. The Morgan fingerprint density at radius 1 is 0.920 bits per heavy atom. The number of nitrogens with one attached hydrogen (secondary N) is 2. The van der Waals surface area contributed by atoms with E-state index in [-0.39, 0.29) is 0 Å². The Hall–Kier alpha value is -3.15. The second-order valence-corrected chi connectivity index (χ2v) is 5.53. The van der Waals surface area contributed by atoms with Gasteiger partial charge in [-0.05, 0) is 29.7 Å². The van der Waals surface area contributed by atoms with Crippen LogP contribution in [0.3, 0.4) is 0 Å². The topological polar surface area (TPSA) is 72.0 Å². The highest BCUT2D eigenvalue weighted by Gasteiger charge is 2.01. The first-order chi connectivity index (χ1) is 12.3. The van der Waals surface area contributed by atoms with E-state index < -0.39 is 0 Å². The van der Waals surface area contributed by atoms with Crippen LogP contribution in [0.25, 0.3) is 0 Å². The fourth-order valence-electron chi connectivity index (χ4n) is 2.36. The zero-order valence-corrected chi connectivity index (χ0v) is 14.1. The van der Waals surface area contributed by atoms with Gasteiger partial charge in [0, 0.05) is 13.1 Å². The minimum atomic E-state index is 0.524. The standard InChI is InChI=1S/C19H21N5O/c1-25-17-9-7-16(8-10-17)13-21-18-14-22-24-19(23-18)20-12-11-15-5-3-2-4-6-15/h2-10,14H,11-13H2,1H3,(H2,20,21,23,24). The normalized spacial score (nSPS) is 10.3. The van der Waals surface area contributed by atoms with E-state index in [4.69, 9.17) is 4.74 Å². The van der Waals surface area contributed by atoms with Gasteiger partial charge in [-0.3, -0.25) is 0 Å². The average Bonchev–Trinajstić information content (AvgIpc) is 2.68. The maximum atomic E-state index is 5.16. The van der Waals surface area contributed by atoms with Crippen molar-refractivity contribution in [1.82, 2.24) is 15.2 Å². The van der Waals surface area contributed by atoms with Crippen LogP contribution in [0.2, 0.25) is 0 Å². The summed E-state index contributed by atoms with van der Waals surface area (Å²) >= 11 is 0. The Kier molecular flexibility index (Phi) is 5.77. The fourth-order valence-corrected chi connectivity index (χ4v) is 2.36. The van der Waals surface area contributed by atoms with Crippen molar-refractivity contribution in [2.45, 2.75) is 13.0 Å². The molecule has 6 heteroatoms. The summed E-state index contributed by atoms with van der Waals surface area (Å²) in [7, 11) is 1.66. The highest BCUT2D eigenvalue weighted by atomic mass is 16.5. The van der Waals surface area contributed by atoms with Gasteiger partial charge in [0.1, 0.15) is 5.75 Å². The molecule has 2 aromatic carbocycles. The molecule has 3 aromatic rings. The van der Waals surface area contributed by atoms with E-state index in [1.165, 1.54) is 5.56 Å². The van der Waals surface area contributed by atoms with E-state index in [9.17, 15) is 0 Å². The van der Waals surface area contributed by atoms with Gasteiger partial charge in [-0.1, -0.05) is 42.5 Å². The van der Waals surface area contributed by atoms with Gasteiger partial charge in [0.05, 0.1) is 13.3 Å². The third-order valence-electron chi connectivity index (χ3n) is 3.73. The molecule has 0 atom stereocenters. The number of nitrogens with zero attached hydrogens (tertiary/aromatic N) is 3. The molecule has 1 heterocycles. The molecule has 1 aromatic heterocycles. The quantitative estimate of drug-likeness (QED) is 0.659. The molecule has 3 rings (SSSR count). The predicted molar refractivity (Wildman–Crippen MR) is 98.8 cm³/mol. The Morgan fingerprint density at radius 3 is 2.48 bits per heavy atom. The summed E-state index contributed by atoms with van der Waals surface area (Å²) in [6, 6.07) is 18.2. The molecule has 0 aliphatic heterocycles. The van der Waals surface area contributed by atoms with Gasteiger partial charge in [-0.25, -0.2) is 0 Å². The maximum Gasteiger partial charge on any atom is 0.244 e. The Labute approximate surface area is 147 Å². The summed E-state index contributed by atoms with van der Waals surface area (Å²) < 4.78 is 5.16. The molecule has 0 aliphatic rings. The first-order valence-electron chi connectivity index (χ1n) is 8.18. The zero-order valence-electron chi connectivity index (χ0n) is 14.1. The summed E-state index contributed by atoms with van der Waals surface area (Å²) in [4.78, 5) is 4.43. The summed E-state index contributed by atoms with van der Waals surface area (Å²) in [5.74, 6) is 2.06. The van der Waals surface area contributed by atoms with Gasteiger partial charge in [0.25, 0.3) is 0 Å². The molecule has 0 spiro atoms. The summed E-state index contributed by atoms with van der Waals surface area (Å²) in [6.45, 7) is 1.42. The lowest BCUT2D eigenvalue weighted by Gasteiger charge is -2.08. The fraction of sp³-hybridized carbons (Fsp3) is 0.211. The van der Waals surface area contributed by atoms with E-state index in [1.54, 1.807) is 13.3 Å². The van der Waals surface area contributed by atoms with Crippen molar-refractivity contribution in [2.24, 2.45) is 0 Å². The van der Waals surface area contributed by atoms with E-state index >= 15 is 0 Å². The van der Waals surface area contributed by atoms with Crippen molar-refractivity contribution in [1.29, 1.82) is 0 Å². The number of rotatable bonds is 8. The molecular weight excluding hydrogens is 314 g/mol. The molecule has 6 nitrogen and oxygen atoms in total. The van der Waals surface area contributed by atoms with E-state index in [0.717, 1.165) is 24.3 Å². The van der Waals surface area contributed by atoms with Crippen LogP contribution in [-0.2, 0) is 13.0 Å². The van der Waals surface area contributed by atoms with Crippen LogP contribution in [0.5, 0.6) is 5.75 Å². The molecule has 0 saturated heterocycles. The number of hydrogen-bond acceptors (Lipinski definition) is 6. The van der Waals surface area contributed by atoms with Crippen molar-refractivity contribution in [3.05, 3.63) is 71.9 Å². The van der Waals surface area contributed by atoms with Crippen LogP contribution >= 0.6 is 0 Å². The largest absolute Gasteiger partial charge is 0.497 e. The number of aromatic nitrogens is 3. The molecule has 0 radical (unpaired) electrons. The number of benzene rings is 2. The van der Waals surface area contributed by atoms with Gasteiger partial charge in [-0.15, -0.1) is 5.10 Å². The first-order valence-corrected chi connectivity index (χ1v) is 8.18. The number of hydrogen-bond donors (Lipinski definition) is 2. The maximum absolute atomic E-state index is 5.16. The molecule has 128 valence electrons. The van der Waals surface area contributed by atoms with Crippen LogP contribution in [0.15, 0.2) is 60.8 Å². The predicted octanol–water partition coefficient (Wildman–Crippen LogP) is 3.15. The lowest BCUT2D eigenvalue weighted by Crippen LogP contribution is -2.10. The van der Waals surface area contributed by atoms with E-state index in [0.29, 0.717) is 18.3 Å². The first kappa shape index (κ1) is 16.7. The average molecular weight is 335 g/mol. The second kappa shape index (κ2) is 8.63. The number of ether oxygens (including phenoxy) is 1. The Morgan fingerprint density at radius 2 is 1.72 bits per heavy atom. The third-order valence-corrected chi connectivity index (χ3v) is 3.73. The molecule has 2 N–H and O–H groups in total. The zero-order chi connectivity index (χ0) is 17.3. The monoisotopic (exact) mass is 335 g/mol. The van der Waals surface area contributed by atoms with E-state index in [2.05, 4.69) is 37.9 Å².